The lowest BCUT2D eigenvalue weighted by Gasteiger charge is -2.45. The number of methoxy groups -OCH3 is 1. The van der Waals surface area contributed by atoms with Crippen molar-refractivity contribution in [1.29, 1.82) is 0 Å². The Labute approximate surface area is 75.7 Å². The number of hydrogen-bond acceptors (Lipinski definition) is 1. The summed E-state index contributed by atoms with van der Waals surface area (Å²) >= 11 is 0. The number of piperidine rings is 1. The molecule has 1 heterocycles. The first-order valence-electron chi connectivity index (χ1n) is 4.64. The molecule has 0 aliphatic carbocycles. The van der Waals surface area contributed by atoms with E-state index < -0.39 is 0 Å². The topological polar surface area (TPSA) is 23.3 Å². The molecule has 0 aromatic rings. The van der Waals surface area contributed by atoms with E-state index in [9.17, 15) is 0 Å². The molecular formula is C10H20NO. The van der Waals surface area contributed by atoms with Crippen LogP contribution in [0.2, 0.25) is 0 Å². The molecule has 0 spiro atoms. The van der Waals surface area contributed by atoms with Gasteiger partial charge in [0.2, 0.25) is 0 Å². The maximum atomic E-state index is 5.41. The molecule has 1 radical (unpaired) electrons. The van der Waals surface area contributed by atoms with Crippen molar-refractivity contribution in [3.63, 3.8) is 0 Å². The Morgan fingerprint density at radius 2 is 1.83 bits per heavy atom. The molecule has 0 bridgehead atoms. The van der Waals surface area contributed by atoms with Gasteiger partial charge >= 0.3 is 0 Å². The molecule has 0 aromatic carbocycles. The summed E-state index contributed by atoms with van der Waals surface area (Å²) in [6.07, 6.45) is 2.56. The van der Waals surface area contributed by atoms with Crippen LogP contribution in [0.5, 0.6) is 0 Å². The minimum Gasteiger partial charge on any atom is -0.379 e. The zero-order chi connectivity index (χ0) is 9.41. The summed E-state index contributed by atoms with van der Waals surface area (Å²) in [4.78, 5) is 0. The third kappa shape index (κ3) is 1.99. The van der Waals surface area contributed by atoms with Crippen LogP contribution in [0.15, 0.2) is 0 Å². The van der Waals surface area contributed by atoms with Crippen LogP contribution < -0.4 is 5.32 Å². The summed E-state index contributed by atoms with van der Waals surface area (Å²) in [6.45, 7) is 8.70. The van der Waals surface area contributed by atoms with Crippen molar-refractivity contribution in [2.45, 2.75) is 57.7 Å². The third-order valence-electron chi connectivity index (χ3n) is 2.68. The monoisotopic (exact) mass is 170 g/mol. The van der Waals surface area contributed by atoms with Gasteiger partial charge in [0, 0.05) is 12.6 Å². The minimum atomic E-state index is -0.0174. The van der Waals surface area contributed by atoms with Gasteiger partial charge < -0.3 is 4.74 Å². The number of ether oxygens (including phenoxy) is 1. The van der Waals surface area contributed by atoms with Crippen LogP contribution in [-0.4, -0.2) is 24.3 Å². The largest absolute Gasteiger partial charge is 0.379 e. The second kappa shape index (κ2) is 3.00. The Kier molecular flexibility index (Phi) is 2.50. The van der Waals surface area contributed by atoms with Gasteiger partial charge in [-0.15, -0.1) is 0 Å². The predicted molar refractivity (Wildman–Crippen MR) is 50.3 cm³/mol. The van der Waals surface area contributed by atoms with Gasteiger partial charge in [0.25, 0.3) is 0 Å². The van der Waals surface area contributed by atoms with Crippen LogP contribution in [0.4, 0.5) is 0 Å². The summed E-state index contributed by atoms with van der Waals surface area (Å²) in [5, 5.41) is 4.77. The van der Waals surface area contributed by atoms with Crippen molar-refractivity contribution >= 4 is 0 Å². The lowest BCUT2D eigenvalue weighted by molar-refractivity contribution is -0.0213. The van der Waals surface area contributed by atoms with Crippen LogP contribution >= 0.6 is 0 Å². The normalized spacial score (nSPS) is 33.2. The molecule has 1 unspecified atom stereocenters. The summed E-state index contributed by atoms with van der Waals surface area (Å²) in [5.41, 5.74) is 0.120. The van der Waals surface area contributed by atoms with Gasteiger partial charge in [0.15, 0.2) is 0 Å². The quantitative estimate of drug-likeness (QED) is 0.590. The Hall–Kier alpha value is -0.0800. The van der Waals surface area contributed by atoms with Crippen LogP contribution in [0.25, 0.3) is 0 Å². The number of nitrogens with zero attached hydrogens (tertiary/aromatic N) is 1. The maximum Gasteiger partial charge on any atom is 0.0764 e. The fourth-order valence-corrected chi connectivity index (χ4v) is 2.15. The van der Waals surface area contributed by atoms with Gasteiger partial charge in [0.1, 0.15) is 0 Å². The molecular weight excluding hydrogens is 150 g/mol. The first kappa shape index (κ1) is 10.0. The smallest absolute Gasteiger partial charge is 0.0764 e. The molecule has 0 amide bonds. The van der Waals surface area contributed by atoms with Crippen molar-refractivity contribution in [3.8, 4) is 0 Å². The predicted octanol–water partition coefficient (Wildman–Crippen LogP) is 1.96. The lowest BCUT2D eigenvalue weighted by atomic mass is 9.80. The highest BCUT2D eigenvalue weighted by molar-refractivity contribution is 4.98. The van der Waals surface area contributed by atoms with Crippen LogP contribution in [0, 0.1) is 0 Å². The SMILES string of the molecule is COC1CCC(C)(C)[N]C1(C)C. The van der Waals surface area contributed by atoms with E-state index in [2.05, 4.69) is 27.7 Å². The molecule has 0 saturated carbocycles. The van der Waals surface area contributed by atoms with Gasteiger partial charge in [-0.05, 0) is 40.5 Å². The van der Waals surface area contributed by atoms with Crippen LogP contribution in [-0.2, 0) is 4.74 Å². The van der Waals surface area contributed by atoms with Crippen molar-refractivity contribution < 1.29 is 4.74 Å². The zero-order valence-electron chi connectivity index (χ0n) is 8.85. The average molecular weight is 170 g/mol. The van der Waals surface area contributed by atoms with E-state index in [1.54, 1.807) is 7.11 Å². The van der Waals surface area contributed by atoms with Crippen LogP contribution in [0.3, 0.4) is 0 Å². The highest BCUT2D eigenvalue weighted by Crippen LogP contribution is 2.31. The fraction of sp³-hybridized carbons (Fsp3) is 1.00. The van der Waals surface area contributed by atoms with E-state index in [4.69, 9.17) is 10.1 Å². The average Bonchev–Trinajstić information content (AvgIpc) is 1.83. The van der Waals surface area contributed by atoms with Gasteiger partial charge in [-0.2, -0.15) is 0 Å². The summed E-state index contributed by atoms with van der Waals surface area (Å²) in [6, 6.07) is 0. The van der Waals surface area contributed by atoms with E-state index in [-0.39, 0.29) is 11.1 Å². The molecule has 71 valence electrons. The van der Waals surface area contributed by atoms with Crippen molar-refractivity contribution in [3.05, 3.63) is 0 Å². The zero-order valence-corrected chi connectivity index (χ0v) is 8.85. The molecule has 12 heavy (non-hydrogen) atoms. The number of hydrogen-bond donors (Lipinski definition) is 0. The Morgan fingerprint density at radius 1 is 1.25 bits per heavy atom. The maximum absolute atomic E-state index is 5.41. The van der Waals surface area contributed by atoms with E-state index in [0.29, 0.717) is 6.10 Å². The standard InChI is InChI=1S/C10H20NO/c1-9(2)7-6-8(12-5)10(3,4)11-9/h8H,6-7H2,1-5H3. The highest BCUT2D eigenvalue weighted by atomic mass is 16.5. The van der Waals surface area contributed by atoms with Crippen LogP contribution in [0.1, 0.15) is 40.5 Å². The Morgan fingerprint density at radius 3 is 2.25 bits per heavy atom. The van der Waals surface area contributed by atoms with E-state index in [0.717, 1.165) is 12.8 Å². The number of rotatable bonds is 1. The van der Waals surface area contributed by atoms with E-state index in [1.165, 1.54) is 0 Å². The Bertz CT molecular complexity index is 163. The van der Waals surface area contributed by atoms with Crippen molar-refractivity contribution in [1.82, 2.24) is 5.32 Å². The molecule has 0 aromatic heterocycles. The van der Waals surface area contributed by atoms with E-state index in [1.807, 2.05) is 0 Å². The first-order chi connectivity index (χ1) is 5.37. The molecule has 1 aliphatic heterocycles. The highest BCUT2D eigenvalue weighted by Gasteiger charge is 2.41. The van der Waals surface area contributed by atoms with Gasteiger partial charge in [-0.25, -0.2) is 5.32 Å². The molecule has 0 N–H and O–H groups in total. The molecule has 1 saturated heterocycles. The molecule has 1 atom stereocenters. The molecule has 1 rings (SSSR count). The second-order valence-corrected chi connectivity index (χ2v) is 4.84. The minimum absolute atomic E-state index is 0.0174. The molecule has 1 aliphatic rings. The molecule has 1 fully saturated rings. The van der Waals surface area contributed by atoms with Gasteiger partial charge in [0.05, 0.1) is 11.6 Å². The molecule has 2 heteroatoms. The summed E-state index contributed by atoms with van der Waals surface area (Å²) < 4.78 is 5.41. The third-order valence-corrected chi connectivity index (χ3v) is 2.68. The lowest BCUT2D eigenvalue weighted by Crippen LogP contribution is -2.57. The Balaban J connectivity index is 2.67. The second-order valence-electron chi connectivity index (χ2n) is 4.84. The van der Waals surface area contributed by atoms with Gasteiger partial charge in [-0.1, -0.05) is 0 Å². The first-order valence-corrected chi connectivity index (χ1v) is 4.64. The molecule has 2 nitrogen and oxygen atoms in total. The van der Waals surface area contributed by atoms with Gasteiger partial charge in [-0.3, -0.25) is 0 Å². The fourth-order valence-electron chi connectivity index (χ4n) is 2.15. The van der Waals surface area contributed by atoms with Crippen molar-refractivity contribution in [2.75, 3.05) is 7.11 Å². The van der Waals surface area contributed by atoms with E-state index >= 15 is 0 Å². The van der Waals surface area contributed by atoms with Crippen molar-refractivity contribution in [2.24, 2.45) is 0 Å². The summed E-state index contributed by atoms with van der Waals surface area (Å²) in [5.74, 6) is 0. The summed E-state index contributed by atoms with van der Waals surface area (Å²) in [7, 11) is 1.78.